The molecule has 0 saturated carbocycles. The van der Waals surface area contributed by atoms with Crippen molar-refractivity contribution in [2.24, 2.45) is 0 Å². The highest BCUT2D eigenvalue weighted by Gasteiger charge is 2.27. The summed E-state index contributed by atoms with van der Waals surface area (Å²) in [6.45, 7) is 5.00. The van der Waals surface area contributed by atoms with Crippen LogP contribution in [0.25, 0.3) is 0 Å². The minimum Gasteiger partial charge on any atom is -0.300 e. The lowest BCUT2D eigenvalue weighted by molar-refractivity contribution is 0.204. The van der Waals surface area contributed by atoms with E-state index in [1.165, 1.54) is 49.4 Å². The largest absolute Gasteiger partial charge is 0.300 e. The number of hydrogen-bond acceptors (Lipinski definition) is 2. The minimum atomic E-state index is 0.756. The van der Waals surface area contributed by atoms with E-state index < -0.39 is 0 Å². The van der Waals surface area contributed by atoms with Crippen LogP contribution in [0.4, 0.5) is 0 Å². The van der Waals surface area contributed by atoms with Crippen LogP contribution in [-0.4, -0.2) is 29.8 Å². The topological polar surface area (TPSA) is 3.24 Å². The highest BCUT2D eigenvalue weighted by Crippen LogP contribution is 2.40. The lowest BCUT2D eigenvalue weighted by atomic mass is 10.00. The van der Waals surface area contributed by atoms with E-state index in [1.807, 2.05) is 11.8 Å². The molecule has 1 saturated heterocycles. The molecule has 0 N–H and O–H groups in total. The van der Waals surface area contributed by atoms with Crippen molar-refractivity contribution in [1.29, 1.82) is 0 Å². The molecule has 2 aliphatic rings. The predicted molar refractivity (Wildman–Crippen MR) is 79.4 cm³/mol. The summed E-state index contributed by atoms with van der Waals surface area (Å²) >= 11 is 2.04. The molecule has 98 valence electrons. The Kier molecular flexibility index (Phi) is 3.95. The van der Waals surface area contributed by atoms with Gasteiger partial charge in [-0.3, -0.25) is 0 Å². The smallest absolute Gasteiger partial charge is 0.0108 e. The third-order valence-electron chi connectivity index (χ3n) is 4.44. The summed E-state index contributed by atoms with van der Waals surface area (Å²) in [7, 11) is 0. The van der Waals surface area contributed by atoms with Crippen LogP contribution in [0.2, 0.25) is 0 Å². The van der Waals surface area contributed by atoms with E-state index in [1.54, 1.807) is 5.56 Å². The van der Waals surface area contributed by atoms with Gasteiger partial charge in [0, 0.05) is 29.2 Å². The fourth-order valence-electron chi connectivity index (χ4n) is 3.27. The maximum absolute atomic E-state index is 2.74. The van der Waals surface area contributed by atoms with E-state index in [4.69, 9.17) is 0 Å². The van der Waals surface area contributed by atoms with Gasteiger partial charge in [0.15, 0.2) is 0 Å². The fraction of sp³-hybridized carbons (Fsp3) is 0.625. The molecular weight excluding hydrogens is 238 g/mol. The number of thioether (sulfide) groups is 1. The summed E-state index contributed by atoms with van der Waals surface area (Å²) in [5.41, 5.74) is 1.60. The molecule has 1 fully saturated rings. The second-order valence-electron chi connectivity index (χ2n) is 5.74. The molecule has 1 nitrogen and oxygen atoms in total. The van der Waals surface area contributed by atoms with Gasteiger partial charge in [-0.1, -0.05) is 31.0 Å². The van der Waals surface area contributed by atoms with Crippen LogP contribution in [0.1, 0.15) is 44.1 Å². The van der Waals surface area contributed by atoms with Crippen molar-refractivity contribution in [3.8, 4) is 0 Å². The van der Waals surface area contributed by atoms with Crippen LogP contribution in [0.3, 0.4) is 0 Å². The van der Waals surface area contributed by atoms with Gasteiger partial charge in [-0.15, -0.1) is 11.8 Å². The summed E-state index contributed by atoms with van der Waals surface area (Å²) in [5.74, 6) is 2.04. The molecule has 2 atom stereocenters. The molecule has 18 heavy (non-hydrogen) atoms. The van der Waals surface area contributed by atoms with Gasteiger partial charge >= 0.3 is 0 Å². The van der Waals surface area contributed by atoms with E-state index in [-0.39, 0.29) is 0 Å². The quantitative estimate of drug-likeness (QED) is 0.787. The van der Waals surface area contributed by atoms with Crippen LogP contribution >= 0.6 is 11.8 Å². The highest BCUT2D eigenvalue weighted by atomic mass is 32.2. The molecule has 2 aliphatic heterocycles. The first kappa shape index (κ1) is 12.6. The lowest BCUT2D eigenvalue weighted by Crippen LogP contribution is -2.36. The van der Waals surface area contributed by atoms with Gasteiger partial charge in [-0.25, -0.2) is 0 Å². The van der Waals surface area contributed by atoms with Gasteiger partial charge in [0.1, 0.15) is 0 Å². The lowest BCUT2D eigenvalue weighted by Gasteiger charge is -2.29. The number of benzene rings is 1. The zero-order chi connectivity index (χ0) is 12.4. The number of rotatable bonds is 2. The molecule has 2 unspecified atom stereocenters. The molecule has 2 heteroatoms. The van der Waals surface area contributed by atoms with Crippen molar-refractivity contribution in [3.63, 3.8) is 0 Å². The van der Waals surface area contributed by atoms with Crippen molar-refractivity contribution in [2.45, 2.75) is 49.5 Å². The van der Waals surface area contributed by atoms with Crippen LogP contribution in [0, 0.1) is 0 Å². The van der Waals surface area contributed by atoms with Crippen LogP contribution in [-0.2, 0) is 0 Å². The first-order chi connectivity index (χ1) is 8.84. The molecule has 1 aromatic carbocycles. The molecule has 0 radical (unpaired) electrons. The van der Waals surface area contributed by atoms with Gasteiger partial charge in [0.25, 0.3) is 0 Å². The van der Waals surface area contributed by atoms with Gasteiger partial charge in [-0.2, -0.15) is 0 Å². The molecule has 0 bridgehead atoms. The zero-order valence-electron chi connectivity index (χ0n) is 11.3. The Morgan fingerprint density at radius 1 is 1.22 bits per heavy atom. The average molecular weight is 261 g/mol. The number of hydrogen-bond donors (Lipinski definition) is 0. The molecular formula is C16H23NS. The second kappa shape index (κ2) is 5.66. The van der Waals surface area contributed by atoms with Crippen molar-refractivity contribution < 1.29 is 0 Å². The van der Waals surface area contributed by atoms with Crippen molar-refractivity contribution in [2.75, 3.05) is 18.8 Å². The maximum Gasteiger partial charge on any atom is 0.0108 e. The second-order valence-corrected chi connectivity index (χ2v) is 6.80. The Labute approximate surface area is 115 Å². The Hall–Kier alpha value is -0.470. The first-order valence-electron chi connectivity index (χ1n) is 7.30. The Morgan fingerprint density at radius 3 is 3.06 bits per heavy atom. The molecule has 0 amide bonds. The van der Waals surface area contributed by atoms with Gasteiger partial charge in [0.05, 0.1) is 0 Å². The monoisotopic (exact) mass is 261 g/mol. The number of fused-ring (bicyclic) bond motifs is 1. The zero-order valence-corrected chi connectivity index (χ0v) is 12.1. The van der Waals surface area contributed by atoms with E-state index in [9.17, 15) is 0 Å². The number of nitrogens with zero attached hydrogens (tertiary/aromatic N) is 1. The van der Waals surface area contributed by atoms with Crippen molar-refractivity contribution >= 4 is 11.8 Å². The molecule has 2 heterocycles. The summed E-state index contributed by atoms with van der Waals surface area (Å²) in [6, 6.07) is 9.77. The molecule has 0 spiro atoms. The van der Waals surface area contributed by atoms with Crippen LogP contribution < -0.4 is 0 Å². The maximum atomic E-state index is 2.74. The van der Waals surface area contributed by atoms with Crippen LogP contribution in [0.15, 0.2) is 29.2 Å². The third-order valence-corrected chi connectivity index (χ3v) is 5.70. The SMILES string of the molecule is CC1CCCCCN1CC1CSc2ccccc21. The summed E-state index contributed by atoms with van der Waals surface area (Å²) in [4.78, 5) is 4.25. The molecule has 0 aromatic heterocycles. The number of likely N-dealkylation sites (tertiary alicyclic amines) is 1. The van der Waals surface area contributed by atoms with Gasteiger partial charge < -0.3 is 4.90 Å². The van der Waals surface area contributed by atoms with E-state index in [0.717, 1.165) is 12.0 Å². The standard InChI is InChI=1S/C16H23NS/c1-13-7-3-2-6-10-17(13)11-14-12-18-16-9-5-4-8-15(14)16/h4-5,8-9,13-14H,2-3,6-7,10-12H2,1H3. The van der Waals surface area contributed by atoms with Crippen molar-refractivity contribution in [3.05, 3.63) is 29.8 Å². The van der Waals surface area contributed by atoms with E-state index >= 15 is 0 Å². The summed E-state index contributed by atoms with van der Waals surface area (Å²) in [6.07, 6.45) is 5.64. The van der Waals surface area contributed by atoms with Crippen molar-refractivity contribution in [1.82, 2.24) is 4.90 Å². The third kappa shape index (κ3) is 2.60. The van der Waals surface area contributed by atoms with Crippen LogP contribution in [0.5, 0.6) is 0 Å². The van der Waals surface area contributed by atoms with E-state index in [0.29, 0.717) is 0 Å². The summed E-state index contributed by atoms with van der Waals surface area (Å²) < 4.78 is 0. The van der Waals surface area contributed by atoms with E-state index in [2.05, 4.69) is 36.1 Å². The molecule has 1 aromatic rings. The molecule has 3 rings (SSSR count). The Balaban J connectivity index is 1.70. The summed E-state index contributed by atoms with van der Waals surface area (Å²) in [5, 5.41) is 0. The normalized spacial score (nSPS) is 28.9. The first-order valence-corrected chi connectivity index (χ1v) is 8.29. The fourth-order valence-corrected chi connectivity index (χ4v) is 4.51. The predicted octanol–water partition coefficient (Wildman–Crippen LogP) is 4.14. The Morgan fingerprint density at radius 2 is 2.11 bits per heavy atom. The Bertz CT molecular complexity index is 404. The van der Waals surface area contributed by atoms with Gasteiger partial charge in [0.2, 0.25) is 0 Å². The van der Waals surface area contributed by atoms with Gasteiger partial charge in [-0.05, 0) is 37.9 Å². The molecule has 0 aliphatic carbocycles. The average Bonchev–Trinajstić information content (AvgIpc) is 2.69. The highest BCUT2D eigenvalue weighted by molar-refractivity contribution is 7.99. The minimum absolute atomic E-state index is 0.756.